The second kappa shape index (κ2) is 5.78. The number of benzene rings is 1. The summed E-state index contributed by atoms with van der Waals surface area (Å²) < 4.78 is 0. The van der Waals surface area contributed by atoms with Gasteiger partial charge < -0.3 is 5.73 Å². The second-order valence-corrected chi connectivity index (χ2v) is 3.64. The molecule has 2 nitrogen and oxygen atoms in total. The van der Waals surface area contributed by atoms with E-state index >= 15 is 0 Å². The molecule has 0 heterocycles. The van der Waals surface area contributed by atoms with Gasteiger partial charge in [0.1, 0.15) is 5.78 Å². The zero-order valence-electron chi connectivity index (χ0n) is 8.00. The van der Waals surface area contributed by atoms with Gasteiger partial charge in [-0.05, 0) is 30.7 Å². The number of halogens is 1. The Morgan fingerprint density at radius 2 is 1.86 bits per heavy atom. The summed E-state index contributed by atoms with van der Waals surface area (Å²) in [5, 5.41) is 0.724. The lowest BCUT2D eigenvalue weighted by atomic mass is 10.1. The van der Waals surface area contributed by atoms with E-state index in [1.165, 1.54) is 0 Å². The fourth-order valence-corrected chi connectivity index (χ4v) is 1.35. The average molecular weight is 212 g/mol. The fourth-order valence-electron chi connectivity index (χ4n) is 1.22. The van der Waals surface area contributed by atoms with Crippen molar-refractivity contribution in [3.05, 3.63) is 34.9 Å². The molecule has 0 bridgehead atoms. The molecular formula is C11H14ClNO. The first-order valence-electron chi connectivity index (χ1n) is 4.68. The number of nitrogens with two attached hydrogens (primary N) is 1. The topological polar surface area (TPSA) is 43.1 Å². The lowest BCUT2D eigenvalue weighted by Crippen LogP contribution is -2.08. The van der Waals surface area contributed by atoms with Gasteiger partial charge in [0.15, 0.2) is 0 Å². The number of aryl methyl sites for hydroxylation is 1. The van der Waals surface area contributed by atoms with Crippen LogP contribution in [0.2, 0.25) is 5.02 Å². The van der Waals surface area contributed by atoms with Crippen LogP contribution in [0.4, 0.5) is 0 Å². The van der Waals surface area contributed by atoms with Gasteiger partial charge in [0, 0.05) is 17.9 Å². The molecular weight excluding hydrogens is 198 g/mol. The molecule has 1 aromatic carbocycles. The van der Waals surface area contributed by atoms with Gasteiger partial charge >= 0.3 is 0 Å². The molecule has 2 N–H and O–H groups in total. The van der Waals surface area contributed by atoms with Gasteiger partial charge in [-0.25, -0.2) is 0 Å². The minimum atomic E-state index is 0.224. The number of Topliss-reactive ketones (excluding diaryl/α,β-unsaturated/α-hetero) is 1. The van der Waals surface area contributed by atoms with Crippen molar-refractivity contribution in [2.45, 2.75) is 19.3 Å². The standard InChI is InChI=1S/C11H14ClNO/c12-10-4-1-9(2-5-10)3-6-11(14)7-8-13/h1-2,4-5H,3,6-8,13H2. The Bertz CT molecular complexity index is 295. The molecule has 3 heteroatoms. The van der Waals surface area contributed by atoms with Crippen LogP contribution in [0.25, 0.3) is 0 Å². The molecule has 0 saturated carbocycles. The number of carbonyl (C=O) groups is 1. The van der Waals surface area contributed by atoms with Gasteiger partial charge in [0.05, 0.1) is 0 Å². The van der Waals surface area contributed by atoms with Crippen molar-refractivity contribution in [2.75, 3.05) is 6.54 Å². The molecule has 14 heavy (non-hydrogen) atoms. The lowest BCUT2D eigenvalue weighted by Gasteiger charge is -2.00. The van der Waals surface area contributed by atoms with Crippen LogP contribution in [0.5, 0.6) is 0 Å². The zero-order valence-corrected chi connectivity index (χ0v) is 8.76. The van der Waals surface area contributed by atoms with Gasteiger partial charge in [-0.15, -0.1) is 0 Å². The second-order valence-electron chi connectivity index (χ2n) is 3.20. The van der Waals surface area contributed by atoms with Gasteiger partial charge in [-0.1, -0.05) is 23.7 Å². The third-order valence-corrected chi connectivity index (χ3v) is 2.28. The van der Waals surface area contributed by atoms with Crippen molar-refractivity contribution in [3.8, 4) is 0 Å². The maximum absolute atomic E-state index is 11.2. The van der Waals surface area contributed by atoms with E-state index in [4.69, 9.17) is 17.3 Å². The van der Waals surface area contributed by atoms with Gasteiger partial charge in [-0.3, -0.25) is 4.79 Å². The minimum Gasteiger partial charge on any atom is -0.330 e. The monoisotopic (exact) mass is 211 g/mol. The molecule has 0 aliphatic carbocycles. The normalized spacial score (nSPS) is 10.1. The number of hydrogen-bond acceptors (Lipinski definition) is 2. The van der Waals surface area contributed by atoms with Gasteiger partial charge in [0.2, 0.25) is 0 Å². The molecule has 0 spiro atoms. The summed E-state index contributed by atoms with van der Waals surface area (Å²) in [6, 6.07) is 7.56. The van der Waals surface area contributed by atoms with Crippen LogP contribution in [0, 0.1) is 0 Å². The molecule has 0 saturated heterocycles. The maximum atomic E-state index is 11.2. The van der Waals surface area contributed by atoms with Crippen molar-refractivity contribution < 1.29 is 4.79 Å². The van der Waals surface area contributed by atoms with Crippen molar-refractivity contribution in [3.63, 3.8) is 0 Å². The molecule has 0 radical (unpaired) electrons. The Kier molecular flexibility index (Phi) is 4.63. The molecule has 0 aromatic heterocycles. The third kappa shape index (κ3) is 3.90. The third-order valence-electron chi connectivity index (χ3n) is 2.03. The Balaban J connectivity index is 2.38. The van der Waals surface area contributed by atoms with E-state index < -0.39 is 0 Å². The number of hydrogen-bond donors (Lipinski definition) is 1. The highest BCUT2D eigenvalue weighted by atomic mass is 35.5. The van der Waals surface area contributed by atoms with Crippen LogP contribution < -0.4 is 5.73 Å². The first-order valence-corrected chi connectivity index (χ1v) is 5.06. The molecule has 0 atom stereocenters. The van der Waals surface area contributed by atoms with E-state index in [0.717, 1.165) is 17.0 Å². The van der Waals surface area contributed by atoms with E-state index in [-0.39, 0.29) is 5.78 Å². The van der Waals surface area contributed by atoms with Crippen LogP contribution in [0.3, 0.4) is 0 Å². The van der Waals surface area contributed by atoms with E-state index in [0.29, 0.717) is 19.4 Å². The van der Waals surface area contributed by atoms with Crippen molar-refractivity contribution >= 4 is 17.4 Å². The molecule has 1 rings (SSSR count). The summed E-state index contributed by atoms with van der Waals surface area (Å²) in [7, 11) is 0. The van der Waals surface area contributed by atoms with Crippen LogP contribution in [0.1, 0.15) is 18.4 Å². The Morgan fingerprint density at radius 3 is 2.43 bits per heavy atom. The summed E-state index contributed by atoms with van der Waals surface area (Å²) in [6.45, 7) is 0.444. The molecule has 0 fully saturated rings. The Morgan fingerprint density at radius 1 is 1.21 bits per heavy atom. The first kappa shape index (κ1) is 11.2. The average Bonchev–Trinajstić information content (AvgIpc) is 2.17. The minimum absolute atomic E-state index is 0.224. The van der Waals surface area contributed by atoms with E-state index in [1.807, 2.05) is 24.3 Å². The van der Waals surface area contributed by atoms with E-state index in [2.05, 4.69) is 0 Å². The summed E-state index contributed by atoms with van der Waals surface area (Å²) in [5.41, 5.74) is 6.42. The predicted octanol–water partition coefficient (Wildman–Crippen LogP) is 2.19. The summed E-state index contributed by atoms with van der Waals surface area (Å²) >= 11 is 5.74. The van der Waals surface area contributed by atoms with Crippen molar-refractivity contribution in [1.29, 1.82) is 0 Å². The molecule has 0 aliphatic heterocycles. The van der Waals surface area contributed by atoms with Crippen LogP contribution >= 0.6 is 11.6 Å². The van der Waals surface area contributed by atoms with Gasteiger partial charge in [-0.2, -0.15) is 0 Å². The smallest absolute Gasteiger partial charge is 0.134 e. The SMILES string of the molecule is NCCC(=O)CCc1ccc(Cl)cc1. The highest BCUT2D eigenvalue weighted by Crippen LogP contribution is 2.11. The van der Waals surface area contributed by atoms with E-state index in [1.54, 1.807) is 0 Å². The Hall–Kier alpha value is -0.860. The largest absolute Gasteiger partial charge is 0.330 e. The lowest BCUT2D eigenvalue weighted by molar-refractivity contribution is -0.118. The highest BCUT2D eigenvalue weighted by Gasteiger charge is 2.01. The van der Waals surface area contributed by atoms with Crippen molar-refractivity contribution in [2.24, 2.45) is 5.73 Å². The summed E-state index contributed by atoms with van der Waals surface area (Å²) in [6.07, 6.45) is 1.82. The highest BCUT2D eigenvalue weighted by molar-refractivity contribution is 6.30. The van der Waals surface area contributed by atoms with Crippen LogP contribution in [0.15, 0.2) is 24.3 Å². The predicted molar refractivity (Wildman–Crippen MR) is 58.5 cm³/mol. The fraction of sp³-hybridized carbons (Fsp3) is 0.364. The zero-order chi connectivity index (χ0) is 10.4. The van der Waals surface area contributed by atoms with Crippen LogP contribution in [-0.4, -0.2) is 12.3 Å². The Labute approximate surface area is 89.1 Å². The number of rotatable bonds is 5. The molecule has 76 valence electrons. The quantitative estimate of drug-likeness (QED) is 0.812. The summed E-state index contributed by atoms with van der Waals surface area (Å²) in [5.74, 6) is 0.224. The van der Waals surface area contributed by atoms with E-state index in [9.17, 15) is 4.79 Å². The maximum Gasteiger partial charge on any atom is 0.134 e. The number of ketones is 1. The molecule has 0 aliphatic rings. The van der Waals surface area contributed by atoms with Crippen molar-refractivity contribution in [1.82, 2.24) is 0 Å². The van der Waals surface area contributed by atoms with Crippen LogP contribution in [-0.2, 0) is 11.2 Å². The van der Waals surface area contributed by atoms with Gasteiger partial charge in [0.25, 0.3) is 0 Å². The molecule has 1 aromatic rings. The molecule has 0 unspecified atom stereocenters. The first-order chi connectivity index (χ1) is 6.72. The summed E-state index contributed by atoms with van der Waals surface area (Å²) in [4.78, 5) is 11.2. The number of carbonyl (C=O) groups excluding carboxylic acids is 1. The molecule has 0 amide bonds.